The molecule has 5 atom stereocenters. The number of likely N-dealkylation sites (tertiary alicyclic amines) is 1. The minimum atomic E-state index is -0.234. The van der Waals surface area contributed by atoms with Crippen LogP contribution in [0.15, 0.2) is 30.3 Å². The number of likely N-dealkylation sites (N-methyl/N-ethyl adjacent to an activating group) is 1. The van der Waals surface area contributed by atoms with Crippen LogP contribution in [-0.2, 0) is 9.59 Å². The average Bonchev–Trinajstić information content (AvgIpc) is 3.33. The Morgan fingerprint density at radius 1 is 1.03 bits per heavy atom. The quantitative estimate of drug-likeness (QED) is 0.765. The summed E-state index contributed by atoms with van der Waals surface area (Å²) in [4.78, 5) is 44.3. The lowest BCUT2D eigenvalue weighted by molar-refractivity contribution is -0.137. The summed E-state index contributed by atoms with van der Waals surface area (Å²) in [5, 5.41) is 0. The number of nitrogens with zero attached hydrogens (tertiary/aromatic N) is 3. The number of carbonyl (C=O) groups excluding carboxylic acids is 3. The zero-order chi connectivity index (χ0) is 21.4. The van der Waals surface area contributed by atoms with E-state index in [0.29, 0.717) is 13.0 Å². The number of hydrogen-bond acceptors (Lipinski definition) is 3. The average molecular weight is 412 g/mol. The van der Waals surface area contributed by atoms with E-state index in [1.54, 1.807) is 0 Å². The number of urea groups is 1. The molecule has 1 aromatic rings. The van der Waals surface area contributed by atoms with E-state index in [9.17, 15) is 14.4 Å². The van der Waals surface area contributed by atoms with Crippen LogP contribution >= 0.6 is 0 Å². The molecule has 2 aliphatic heterocycles. The number of rotatable bonds is 3. The van der Waals surface area contributed by atoms with Crippen LogP contribution in [-0.4, -0.2) is 64.3 Å². The van der Waals surface area contributed by atoms with E-state index in [1.165, 1.54) is 17.4 Å². The summed E-state index contributed by atoms with van der Waals surface area (Å²) < 4.78 is 0. The lowest BCUT2D eigenvalue weighted by Crippen LogP contribution is -2.44. The second kappa shape index (κ2) is 8.40. The van der Waals surface area contributed by atoms with Crippen molar-refractivity contribution in [3.05, 3.63) is 35.9 Å². The molecule has 1 aromatic carbocycles. The van der Waals surface area contributed by atoms with Gasteiger partial charge in [-0.05, 0) is 50.0 Å². The fourth-order valence-corrected chi connectivity index (χ4v) is 5.95. The normalized spacial score (nSPS) is 31.6. The summed E-state index contributed by atoms with van der Waals surface area (Å²) in [6.45, 7) is 7.84. The molecule has 162 valence electrons. The fourth-order valence-electron chi connectivity index (χ4n) is 5.95. The van der Waals surface area contributed by atoms with Gasteiger partial charge < -0.3 is 9.80 Å². The van der Waals surface area contributed by atoms with Gasteiger partial charge in [0.15, 0.2) is 0 Å². The molecule has 4 rings (SSSR count). The first-order valence-electron chi connectivity index (χ1n) is 11.4. The first-order chi connectivity index (χ1) is 14.4. The molecule has 3 aliphatic rings. The van der Waals surface area contributed by atoms with Crippen LogP contribution in [0, 0.1) is 11.8 Å². The third-order valence-corrected chi connectivity index (χ3v) is 7.53. The van der Waals surface area contributed by atoms with Gasteiger partial charge in [-0.15, -0.1) is 0 Å². The Bertz CT molecular complexity index is 805. The molecule has 0 radical (unpaired) electrons. The van der Waals surface area contributed by atoms with Crippen molar-refractivity contribution >= 4 is 17.8 Å². The highest BCUT2D eigenvalue weighted by molar-refractivity contribution is 5.96. The molecule has 1 aliphatic carbocycles. The van der Waals surface area contributed by atoms with Crippen molar-refractivity contribution < 1.29 is 14.4 Å². The van der Waals surface area contributed by atoms with Gasteiger partial charge in [0.25, 0.3) is 0 Å². The van der Waals surface area contributed by atoms with Gasteiger partial charge in [0, 0.05) is 32.5 Å². The minimum Gasteiger partial charge on any atom is -0.342 e. The van der Waals surface area contributed by atoms with Crippen molar-refractivity contribution in [2.45, 2.75) is 64.5 Å². The van der Waals surface area contributed by atoms with Gasteiger partial charge >= 0.3 is 6.03 Å². The lowest BCUT2D eigenvalue weighted by atomic mass is 9.77. The van der Waals surface area contributed by atoms with Crippen molar-refractivity contribution in [2.75, 3.05) is 19.6 Å². The molecule has 0 aromatic heterocycles. The molecule has 6 nitrogen and oxygen atoms in total. The van der Waals surface area contributed by atoms with Gasteiger partial charge in [-0.2, -0.15) is 0 Å². The van der Waals surface area contributed by atoms with E-state index in [2.05, 4.69) is 19.1 Å². The second-order valence-corrected chi connectivity index (χ2v) is 9.08. The maximum absolute atomic E-state index is 13.6. The SMILES string of the molecule is CCN1C(=O)N(C(C)=O)[C@H]2C[C@H](C(=O)N3CCCC3)[C@H](C)[C@H](c3ccccc3)C[C@H]21. The lowest BCUT2D eigenvalue weighted by Gasteiger charge is -2.32. The third kappa shape index (κ3) is 3.50. The van der Waals surface area contributed by atoms with E-state index >= 15 is 0 Å². The highest BCUT2D eigenvalue weighted by Gasteiger charge is 2.53. The van der Waals surface area contributed by atoms with Gasteiger partial charge in [-0.1, -0.05) is 37.3 Å². The number of hydrogen-bond donors (Lipinski definition) is 0. The molecule has 0 bridgehead atoms. The molecule has 2 heterocycles. The molecule has 30 heavy (non-hydrogen) atoms. The standard InChI is InChI=1S/C24H33N3O3/c1-4-26-21-14-19(18-10-6-5-7-11-18)16(2)20(23(29)25-12-8-9-13-25)15-22(21)27(17(3)28)24(26)30/h5-7,10-11,16,19-22H,4,8-9,12-15H2,1-3H3/t16-,19-,20+,21-,22+/m1/s1. The largest absolute Gasteiger partial charge is 0.342 e. The fraction of sp³-hybridized carbons (Fsp3) is 0.625. The number of amides is 4. The van der Waals surface area contributed by atoms with E-state index in [1.807, 2.05) is 34.9 Å². The van der Waals surface area contributed by atoms with Crippen LogP contribution < -0.4 is 0 Å². The Labute approximate surface area is 179 Å². The maximum atomic E-state index is 13.6. The molecule has 0 N–H and O–H groups in total. The Balaban J connectivity index is 1.75. The smallest absolute Gasteiger partial charge is 0.327 e. The van der Waals surface area contributed by atoms with Crippen molar-refractivity contribution in [3.63, 3.8) is 0 Å². The number of benzene rings is 1. The summed E-state index contributed by atoms with van der Waals surface area (Å²) in [6.07, 6.45) is 3.46. The molecule has 4 amide bonds. The Morgan fingerprint density at radius 3 is 2.30 bits per heavy atom. The Kier molecular flexibility index (Phi) is 5.85. The topological polar surface area (TPSA) is 60.9 Å². The summed E-state index contributed by atoms with van der Waals surface area (Å²) in [5.41, 5.74) is 1.22. The summed E-state index contributed by atoms with van der Waals surface area (Å²) >= 11 is 0. The van der Waals surface area contributed by atoms with Gasteiger partial charge in [0.1, 0.15) is 0 Å². The van der Waals surface area contributed by atoms with Crippen molar-refractivity contribution in [3.8, 4) is 0 Å². The van der Waals surface area contributed by atoms with E-state index in [0.717, 1.165) is 32.4 Å². The minimum absolute atomic E-state index is 0.0459. The van der Waals surface area contributed by atoms with E-state index < -0.39 is 0 Å². The zero-order valence-electron chi connectivity index (χ0n) is 18.3. The molecule has 3 fully saturated rings. The number of carbonyl (C=O) groups is 3. The van der Waals surface area contributed by atoms with Gasteiger partial charge in [-0.25, -0.2) is 4.79 Å². The maximum Gasteiger partial charge on any atom is 0.327 e. The summed E-state index contributed by atoms with van der Waals surface area (Å²) in [6, 6.07) is 9.88. The Morgan fingerprint density at radius 2 is 1.70 bits per heavy atom. The molecule has 0 unspecified atom stereocenters. The van der Waals surface area contributed by atoms with Gasteiger partial charge in [0.05, 0.1) is 12.1 Å². The highest BCUT2D eigenvalue weighted by atomic mass is 16.2. The highest BCUT2D eigenvalue weighted by Crippen LogP contribution is 2.45. The third-order valence-electron chi connectivity index (χ3n) is 7.53. The van der Waals surface area contributed by atoms with Crippen LogP contribution in [0.2, 0.25) is 0 Å². The van der Waals surface area contributed by atoms with Gasteiger partial charge in [-0.3, -0.25) is 14.5 Å². The number of fused-ring (bicyclic) bond motifs is 1. The monoisotopic (exact) mass is 411 g/mol. The van der Waals surface area contributed by atoms with Crippen LogP contribution in [0.5, 0.6) is 0 Å². The molecule has 1 saturated carbocycles. The zero-order valence-corrected chi connectivity index (χ0v) is 18.3. The molecular formula is C24H33N3O3. The van der Waals surface area contributed by atoms with E-state index in [4.69, 9.17) is 0 Å². The van der Waals surface area contributed by atoms with Crippen molar-refractivity contribution in [2.24, 2.45) is 11.8 Å². The van der Waals surface area contributed by atoms with E-state index in [-0.39, 0.29) is 47.7 Å². The predicted octanol–water partition coefficient (Wildman–Crippen LogP) is 3.48. The number of imide groups is 1. The van der Waals surface area contributed by atoms with Crippen LogP contribution in [0.25, 0.3) is 0 Å². The first-order valence-corrected chi connectivity index (χ1v) is 11.4. The molecule has 0 spiro atoms. The second-order valence-electron chi connectivity index (χ2n) is 9.08. The van der Waals surface area contributed by atoms with Gasteiger partial charge in [0.2, 0.25) is 11.8 Å². The van der Waals surface area contributed by atoms with Crippen LogP contribution in [0.1, 0.15) is 57.9 Å². The molecular weight excluding hydrogens is 378 g/mol. The summed E-state index contributed by atoms with van der Waals surface area (Å²) in [5.74, 6) is 0.117. The Hall–Kier alpha value is -2.37. The van der Waals surface area contributed by atoms with Crippen molar-refractivity contribution in [1.82, 2.24) is 14.7 Å². The molecule has 6 heteroatoms. The first kappa shape index (κ1) is 20.9. The predicted molar refractivity (Wildman–Crippen MR) is 115 cm³/mol. The van der Waals surface area contributed by atoms with Crippen molar-refractivity contribution in [1.29, 1.82) is 0 Å². The summed E-state index contributed by atoms with van der Waals surface area (Å²) in [7, 11) is 0. The molecule has 2 saturated heterocycles. The van der Waals surface area contributed by atoms with Crippen LogP contribution in [0.3, 0.4) is 0 Å². The van der Waals surface area contributed by atoms with Crippen LogP contribution in [0.4, 0.5) is 4.79 Å².